The van der Waals surface area contributed by atoms with E-state index >= 15 is 0 Å². The Morgan fingerprint density at radius 1 is 1.11 bits per heavy atom. The predicted octanol–water partition coefficient (Wildman–Crippen LogP) is 4.00. The standard InChI is InChI=1S/C21H19N3O3/c1-13-5-3-4-6-18(13)27-19-8-7-14(9-20(19)26-2)15-10-21(25)22-12-17-16(15)11-23-24-17/h3-9,11-12,15H,10H2,1-2H3,(H,23,24). The summed E-state index contributed by atoms with van der Waals surface area (Å²) in [6.45, 7) is 1.99. The van der Waals surface area contributed by atoms with Crippen molar-refractivity contribution in [3.63, 3.8) is 0 Å². The van der Waals surface area contributed by atoms with E-state index in [9.17, 15) is 4.79 Å². The molecule has 3 aromatic rings. The molecule has 0 aliphatic carbocycles. The molecule has 2 aromatic carbocycles. The van der Waals surface area contributed by atoms with Crippen LogP contribution in [0.1, 0.15) is 34.7 Å². The number of aliphatic imine (C=N–C) groups is 1. The van der Waals surface area contributed by atoms with Crippen molar-refractivity contribution in [2.45, 2.75) is 19.3 Å². The highest BCUT2D eigenvalue weighted by Gasteiger charge is 2.25. The molecule has 1 N–H and O–H groups in total. The number of ether oxygens (including phenoxy) is 2. The van der Waals surface area contributed by atoms with E-state index in [2.05, 4.69) is 15.2 Å². The number of nitrogens with one attached hydrogen (secondary N) is 1. The van der Waals surface area contributed by atoms with Crippen LogP contribution in [0.25, 0.3) is 0 Å². The van der Waals surface area contributed by atoms with E-state index in [4.69, 9.17) is 9.47 Å². The van der Waals surface area contributed by atoms with Gasteiger partial charge in [-0.3, -0.25) is 9.89 Å². The number of amides is 1. The zero-order valence-electron chi connectivity index (χ0n) is 15.1. The van der Waals surface area contributed by atoms with E-state index in [0.717, 1.165) is 28.1 Å². The highest BCUT2D eigenvalue weighted by Crippen LogP contribution is 2.38. The first-order chi connectivity index (χ1) is 13.2. The molecule has 0 bridgehead atoms. The van der Waals surface area contributed by atoms with Crippen LogP contribution in [0.5, 0.6) is 17.2 Å². The maximum Gasteiger partial charge on any atom is 0.246 e. The fourth-order valence-electron chi connectivity index (χ4n) is 3.23. The Balaban J connectivity index is 1.70. The van der Waals surface area contributed by atoms with Gasteiger partial charge in [-0.1, -0.05) is 24.3 Å². The fraction of sp³-hybridized carbons (Fsp3) is 0.190. The molecule has 0 fully saturated rings. The molecule has 1 amide bonds. The third-order valence-electron chi connectivity index (χ3n) is 4.70. The molecule has 27 heavy (non-hydrogen) atoms. The predicted molar refractivity (Wildman–Crippen MR) is 102 cm³/mol. The van der Waals surface area contributed by atoms with E-state index in [1.54, 1.807) is 13.3 Å². The lowest BCUT2D eigenvalue weighted by Gasteiger charge is -2.17. The minimum atomic E-state index is -0.163. The van der Waals surface area contributed by atoms with Crippen molar-refractivity contribution in [3.05, 3.63) is 71.0 Å². The number of aromatic amines is 1. The Morgan fingerprint density at radius 2 is 1.96 bits per heavy atom. The SMILES string of the molecule is COc1cc(C2CC(=O)N=Cc3[nH]ncc32)ccc1Oc1ccccc1C. The summed E-state index contributed by atoms with van der Waals surface area (Å²) in [5.74, 6) is 1.70. The summed E-state index contributed by atoms with van der Waals surface area (Å²) in [7, 11) is 1.61. The number of aromatic nitrogens is 2. The minimum absolute atomic E-state index is 0.143. The summed E-state index contributed by atoms with van der Waals surface area (Å²) in [4.78, 5) is 16.0. The molecule has 2 heterocycles. The normalized spacial score (nSPS) is 15.9. The fourth-order valence-corrected chi connectivity index (χ4v) is 3.23. The molecule has 1 unspecified atom stereocenters. The first-order valence-corrected chi connectivity index (χ1v) is 8.67. The second-order valence-electron chi connectivity index (χ2n) is 6.43. The number of carbonyl (C=O) groups excluding carboxylic acids is 1. The topological polar surface area (TPSA) is 76.6 Å². The van der Waals surface area contributed by atoms with Crippen molar-refractivity contribution in [2.24, 2.45) is 4.99 Å². The van der Waals surface area contributed by atoms with Gasteiger partial charge in [0.1, 0.15) is 5.75 Å². The number of hydrogen-bond acceptors (Lipinski definition) is 4. The van der Waals surface area contributed by atoms with E-state index in [0.29, 0.717) is 11.5 Å². The van der Waals surface area contributed by atoms with Gasteiger partial charge in [-0.25, -0.2) is 4.99 Å². The highest BCUT2D eigenvalue weighted by molar-refractivity contribution is 5.94. The van der Waals surface area contributed by atoms with Crippen LogP contribution in [0.4, 0.5) is 0 Å². The van der Waals surface area contributed by atoms with Gasteiger partial charge in [-0.15, -0.1) is 0 Å². The monoisotopic (exact) mass is 361 g/mol. The van der Waals surface area contributed by atoms with Crippen molar-refractivity contribution in [1.29, 1.82) is 0 Å². The third kappa shape index (κ3) is 3.33. The second-order valence-corrected chi connectivity index (χ2v) is 6.43. The summed E-state index contributed by atoms with van der Waals surface area (Å²) in [6.07, 6.45) is 3.57. The van der Waals surface area contributed by atoms with Crippen LogP contribution >= 0.6 is 0 Å². The Kier molecular flexibility index (Phi) is 4.46. The third-order valence-corrected chi connectivity index (χ3v) is 4.70. The van der Waals surface area contributed by atoms with Gasteiger partial charge in [0.05, 0.1) is 25.2 Å². The van der Waals surface area contributed by atoms with Crippen molar-refractivity contribution >= 4 is 12.1 Å². The lowest BCUT2D eigenvalue weighted by atomic mass is 9.89. The molecule has 1 atom stereocenters. The molecule has 0 radical (unpaired) electrons. The van der Waals surface area contributed by atoms with Crippen molar-refractivity contribution in [1.82, 2.24) is 10.2 Å². The Hall–Kier alpha value is -3.41. The van der Waals surface area contributed by atoms with Crippen LogP contribution in [-0.2, 0) is 4.79 Å². The second kappa shape index (κ2) is 7.07. The number of aryl methyl sites for hydroxylation is 1. The Morgan fingerprint density at radius 3 is 2.78 bits per heavy atom. The average Bonchev–Trinajstić information content (AvgIpc) is 3.09. The van der Waals surface area contributed by atoms with E-state index in [-0.39, 0.29) is 18.2 Å². The maximum absolute atomic E-state index is 12.0. The van der Waals surface area contributed by atoms with Gasteiger partial charge < -0.3 is 9.47 Å². The molecule has 0 saturated carbocycles. The van der Waals surface area contributed by atoms with Crippen LogP contribution in [0.15, 0.2) is 53.7 Å². The smallest absolute Gasteiger partial charge is 0.246 e. The van der Waals surface area contributed by atoms with Crippen LogP contribution in [0.2, 0.25) is 0 Å². The molecule has 4 rings (SSSR count). The summed E-state index contributed by atoms with van der Waals surface area (Å²) in [5.41, 5.74) is 3.69. The number of fused-ring (bicyclic) bond motifs is 1. The lowest BCUT2D eigenvalue weighted by molar-refractivity contribution is -0.117. The zero-order valence-corrected chi connectivity index (χ0v) is 15.1. The molecule has 0 spiro atoms. The maximum atomic E-state index is 12.0. The van der Waals surface area contributed by atoms with Crippen LogP contribution in [0.3, 0.4) is 0 Å². The van der Waals surface area contributed by atoms with Crippen molar-refractivity contribution < 1.29 is 14.3 Å². The van der Waals surface area contributed by atoms with Gasteiger partial charge in [0.15, 0.2) is 11.5 Å². The van der Waals surface area contributed by atoms with E-state index < -0.39 is 0 Å². The first-order valence-electron chi connectivity index (χ1n) is 8.67. The molecule has 1 aliphatic rings. The van der Waals surface area contributed by atoms with Gasteiger partial charge in [-0.05, 0) is 36.2 Å². The Bertz CT molecular complexity index is 1020. The molecule has 0 saturated heterocycles. The summed E-state index contributed by atoms with van der Waals surface area (Å²) in [6, 6.07) is 13.5. The van der Waals surface area contributed by atoms with Gasteiger partial charge in [-0.2, -0.15) is 5.10 Å². The van der Waals surface area contributed by atoms with Gasteiger partial charge in [0.2, 0.25) is 5.91 Å². The van der Waals surface area contributed by atoms with Gasteiger partial charge in [0.25, 0.3) is 0 Å². The van der Waals surface area contributed by atoms with Crippen molar-refractivity contribution in [3.8, 4) is 17.2 Å². The van der Waals surface area contributed by atoms with E-state index in [1.165, 1.54) is 6.21 Å². The highest BCUT2D eigenvalue weighted by atomic mass is 16.5. The number of carbonyl (C=O) groups is 1. The molecule has 6 nitrogen and oxygen atoms in total. The van der Waals surface area contributed by atoms with E-state index in [1.807, 2.05) is 49.4 Å². The van der Waals surface area contributed by atoms with Crippen LogP contribution in [-0.4, -0.2) is 29.4 Å². The lowest BCUT2D eigenvalue weighted by Crippen LogP contribution is -2.06. The number of hydrogen-bond donors (Lipinski definition) is 1. The molecule has 6 heteroatoms. The first kappa shape index (κ1) is 17.0. The number of nitrogens with zero attached hydrogens (tertiary/aromatic N) is 2. The van der Waals surface area contributed by atoms with Gasteiger partial charge >= 0.3 is 0 Å². The molecule has 1 aromatic heterocycles. The summed E-state index contributed by atoms with van der Waals surface area (Å²) < 4.78 is 11.6. The van der Waals surface area contributed by atoms with Gasteiger partial charge in [0, 0.05) is 17.9 Å². The minimum Gasteiger partial charge on any atom is -0.493 e. The quantitative estimate of drug-likeness (QED) is 0.762. The average molecular weight is 361 g/mol. The Labute approximate surface area is 156 Å². The number of H-pyrrole nitrogens is 1. The number of para-hydroxylation sites is 1. The zero-order chi connectivity index (χ0) is 18.8. The largest absolute Gasteiger partial charge is 0.493 e. The number of rotatable bonds is 4. The van der Waals surface area contributed by atoms with Crippen LogP contribution in [0, 0.1) is 6.92 Å². The summed E-state index contributed by atoms with van der Waals surface area (Å²) >= 11 is 0. The molecule has 1 aliphatic heterocycles. The van der Waals surface area contributed by atoms with Crippen molar-refractivity contribution in [2.75, 3.05) is 7.11 Å². The molecular formula is C21H19N3O3. The molecule has 136 valence electrons. The summed E-state index contributed by atoms with van der Waals surface area (Å²) in [5, 5.41) is 6.98. The number of methoxy groups -OCH3 is 1. The van der Waals surface area contributed by atoms with Crippen LogP contribution < -0.4 is 9.47 Å². The number of benzene rings is 2. The molecular weight excluding hydrogens is 342 g/mol.